The Labute approximate surface area is 180 Å². The van der Waals surface area contributed by atoms with Crippen molar-refractivity contribution in [2.45, 2.75) is 69.0 Å². The number of nitrogens with two attached hydrogens (primary N) is 1. The van der Waals surface area contributed by atoms with E-state index in [4.69, 9.17) is 15.2 Å². The van der Waals surface area contributed by atoms with Crippen LogP contribution in [0.5, 0.6) is 0 Å². The van der Waals surface area contributed by atoms with Crippen LogP contribution in [0.15, 0.2) is 22.7 Å². The van der Waals surface area contributed by atoms with E-state index < -0.39 is 11.8 Å². The summed E-state index contributed by atoms with van der Waals surface area (Å²) in [5, 5.41) is 3.62. The molecule has 29 heavy (non-hydrogen) atoms. The van der Waals surface area contributed by atoms with Crippen LogP contribution in [0.25, 0.3) is 0 Å². The second-order valence-corrected chi connectivity index (χ2v) is 10.0. The first-order valence-corrected chi connectivity index (χ1v) is 11.6. The van der Waals surface area contributed by atoms with Crippen LogP contribution < -0.4 is 11.1 Å². The fourth-order valence-electron chi connectivity index (χ4n) is 6.25. The number of carbonyl (C=O) groups is 1. The Kier molecular flexibility index (Phi) is 5.02. The minimum Gasteiger partial charge on any atom is -0.381 e. The molecule has 2 spiro atoms. The van der Waals surface area contributed by atoms with Crippen LogP contribution >= 0.6 is 15.9 Å². The molecule has 2 aliphatic carbocycles. The third-order valence-corrected chi connectivity index (χ3v) is 8.22. The number of ether oxygens (including phenoxy) is 2. The molecule has 0 aromatic heterocycles. The van der Waals surface area contributed by atoms with Gasteiger partial charge >= 0.3 is 0 Å². The van der Waals surface area contributed by atoms with Gasteiger partial charge in [-0.05, 0) is 68.2 Å². The van der Waals surface area contributed by atoms with Crippen LogP contribution in [0.2, 0.25) is 0 Å². The molecule has 3 unspecified atom stereocenters. The molecule has 2 saturated heterocycles. The highest BCUT2D eigenvalue weighted by Crippen LogP contribution is 2.60. The average molecular weight is 464 g/mol. The molecule has 0 bridgehead atoms. The van der Waals surface area contributed by atoms with Gasteiger partial charge < -0.3 is 14.4 Å². The Hall–Kier alpha value is -0.990. The van der Waals surface area contributed by atoms with Gasteiger partial charge in [-0.25, -0.2) is 0 Å². The summed E-state index contributed by atoms with van der Waals surface area (Å²) in [5.41, 5.74) is 7.98. The predicted molar refractivity (Wildman–Crippen MR) is 113 cm³/mol. The molecule has 0 radical (unpaired) electrons. The Morgan fingerprint density at radius 1 is 1.34 bits per heavy atom. The lowest BCUT2D eigenvalue weighted by molar-refractivity contribution is -0.141. The molecule has 5 rings (SSSR count). The topological polar surface area (TPSA) is 76.8 Å². The van der Waals surface area contributed by atoms with Crippen molar-refractivity contribution in [2.75, 3.05) is 20.3 Å². The van der Waals surface area contributed by atoms with Crippen molar-refractivity contribution in [1.29, 1.82) is 0 Å². The molecule has 3 atom stereocenters. The number of benzene rings is 1. The van der Waals surface area contributed by atoms with Gasteiger partial charge in [0.1, 0.15) is 11.8 Å². The first-order chi connectivity index (χ1) is 14.0. The van der Waals surface area contributed by atoms with Crippen LogP contribution in [0, 0.1) is 5.41 Å². The van der Waals surface area contributed by atoms with E-state index in [1.165, 1.54) is 5.56 Å². The molecule has 3 N–H and O–H groups in total. The van der Waals surface area contributed by atoms with Crippen molar-refractivity contribution in [3.8, 4) is 0 Å². The maximum atomic E-state index is 14.1. The molecule has 7 heteroatoms. The fraction of sp³-hybridized carbons (Fsp3) is 0.682. The van der Waals surface area contributed by atoms with E-state index in [9.17, 15) is 4.79 Å². The third kappa shape index (κ3) is 2.92. The van der Waals surface area contributed by atoms with E-state index in [1.807, 2.05) is 4.90 Å². The largest absolute Gasteiger partial charge is 0.381 e. The molecule has 1 saturated carbocycles. The van der Waals surface area contributed by atoms with Gasteiger partial charge in [0.25, 0.3) is 5.91 Å². The summed E-state index contributed by atoms with van der Waals surface area (Å²) in [5.74, 6) is 0.119. The Morgan fingerprint density at radius 2 is 2.14 bits per heavy atom. The van der Waals surface area contributed by atoms with Crippen LogP contribution in [0.4, 0.5) is 0 Å². The van der Waals surface area contributed by atoms with E-state index in [0.29, 0.717) is 6.54 Å². The average Bonchev–Trinajstić information content (AvgIpc) is 3.38. The molecule has 2 heterocycles. The fourth-order valence-corrected chi connectivity index (χ4v) is 6.61. The maximum absolute atomic E-state index is 14.1. The molecule has 1 aromatic carbocycles. The molecule has 4 aliphatic rings. The lowest BCUT2D eigenvalue weighted by Gasteiger charge is -2.46. The quantitative estimate of drug-likeness (QED) is 0.720. The Bertz CT molecular complexity index is 804. The summed E-state index contributed by atoms with van der Waals surface area (Å²) in [7, 11) is 1.79. The van der Waals surface area contributed by atoms with Crippen LogP contribution in [0.1, 0.15) is 49.7 Å². The van der Waals surface area contributed by atoms with Gasteiger partial charge in [-0.1, -0.05) is 22.0 Å². The van der Waals surface area contributed by atoms with E-state index in [0.717, 1.165) is 61.6 Å². The Morgan fingerprint density at radius 3 is 2.83 bits per heavy atom. The number of carbonyl (C=O) groups excluding carboxylic acids is 1. The van der Waals surface area contributed by atoms with Gasteiger partial charge in [-0.3, -0.25) is 15.8 Å². The number of fused-ring (bicyclic) bond motifs is 3. The van der Waals surface area contributed by atoms with Gasteiger partial charge in [0.15, 0.2) is 0 Å². The number of hydrogen-bond acceptors (Lipinski definition) is 5. The number of nitrogens with zero attached hydrogens (tertiary/aromatic N) is 1. The van der Waals surface area contributed by atoms with Gasteiger partial charge in [0.2, 0.25) is 0 Å². The van der Waals surface area contributed by atoms with E-state index >= 15 is 0 Å². The van der Waals surface area contributed by atoms with Crippen LogP contribution in [0.3, 0.4) is 0 Å². The highest BCUT2D eigenvalue weighted by atomic mass is 79.9. The monoisotopic (exact) mass is 463 g/mol. The Balaban J connectivity index is 1.55. The molecular weight excluding hydrogens is 434 g/mol. The van der Waals surface area contributed by atoms with Crippen molar-refractivity contribution in [3.05, 3.63) is 33.8 Å². The SMILES string of the molecule is COC1CCC2(CC1)Cc1ccc(Br)cc1C21NC(N)N(CC2CCCO2)C1=O. The van der Waals surface area contributed by atoms with Crippen molar-refractivity contribution in [3.63, 3.8) is 0 Å². The molecular formula is C22H30BrN3O3. The molecule has 1 amide bonds. The van der Waals surface area contributed by atoms with Crippen molar-refractivity contribution in [2.24, 2.45) is 11.1 Å². The van der Waals surface area contributed by atoms with Crippen molar-refractivity contribution < 1.29 is 14.3 Å². The van der Waals surface area contributed by atoms with Gasteiger partial charge in [0.05, 0.1) is 12.2 Å². The number of rotatable bonds is 3. The van der Waals surface area contributed by atoms with Gasteiger partial charge in [-0.15, -0.1) is 0 Å². The smallest absolute Gasteiger partial charge is 0.250 e. The summed E-state index contributed by atoms with van der Waals surface area (Å²) >= 11 is 3.63. The van der Waals surface area contributed by atoms with Crippen LogP contribution in [-0.4, -0.2) is 49.6 Å². The zero-order valence-electron chi connectivity index (χ0n) is 17.0. The summed E-state index contributed by atoms with van der Waals surface area (Å²) < 4.78 is 12.4. The van der Waals surface area contributed by atoms with Crippen molar-refractivity contribution in [1.82, 2.24) is 10.2 Å². The zero-order chi connectivity index (χ0) is 20.2. The summed E-state index contributed by atoms with van der Waals surface area (Å²) in [6.45, 7) is 1.34. The molecule has 3 fully saturated rings. The normalized spacial score (nSPS) is 39.1. The lowest BCUT2D eigenvalue weighted by atomic mass is 9.61. The lowest BCUT2D eigenvalue weighted by Crippen LogP contribution is -2.57. The standard InChI is InChI=1S/C22H30BrN3O3/c1-28-16-6-8-21(9-7-16)12-14-4-5-15(23)11-18(14)22(21)19(27)26(20(24)25-22)13-17-3-2-10-29-17/h4-5,11,16-17,20,25H,2-3,6-10,12-13,24H2,1H3. The first kappa shape index (κ1) is 19.9. The molecule has 1 aromatic rings. The first-order valence-electron chi connectivity index (χ1n) is 10.8. The summed E-state index contributed by atoms with van der Waals surface area (Å²) in [6.07, 6.45) is 6.69. The second-order valence-electron chi connectivity index (χ2n) is 9.13. The number of methoxy groups -OCH3 is 1. The highest BCUT2D eigenvalue weighted by Gasteiger charge is 2.67. The number of nitrogens with one attached hydrogen (secondary N) is 1. The number of amides is 1. The molecule has 6 nitrogen and oxygen atoms in total. The summed E-state index contributed by atoms with van der Waals surface area (Å²) in [6, 6.07) is 6.37. The number of hydrogen-bond donors (Lipinski definition) is 2. The minimum absolute atomic E-state index is 0.0884. The molecule has 2 aliphatic heterocycles. The third-order valence-electron chi connectivity index (χ3n) is 7.73. The highest BCUT2D eigenvalue weighted by molar-refractivity contribution is 9.10. The van der Waals surface area contributed by atoms with Crippen LogP contribution in [-0.2, 0) is 26.2 Å². The van der Waals surface area contributed by atoms with Gasteiger partial charge in [0, 0.05) is 30.1 Å². The van der Waals surface area contributed by atoms with Gasteiger partial charge in [-0.2, -0.15) is 0 Å². The van der Waals surface area contributed by atoms with E-state index in [2.05, 4.69) is 39.4 Å². The summed E-state index contributed by atoms with van der Waals surface area (Å²) in [4.78, 5) is 15.9. The van der Waals surface area contributed by atoms with E-state index in [-0.39, 0.29) is 23.5 Å². The zero-order valence-corrected chi connectivity index (χ0v) is 18.5. The molecule has 158 valence electrons. The predicted octanol–water partition coefficient (Wildman–Crippen LogP) is 2.63. The van der Waals surface area contributed by atoms with E-state index in [1.54, 1.807) is 7.11 Å². The number of halogens is 1. The maximum Gasteiger partial charge on any atom is 0.250 e. The van der Waals surface area contributed by atoms with Crippen molar-refractivity contribution >= 4 is 21.8 Å². The minimum atomic E-state index is -0.761. The second kappa shape index (κ2) is 7.31.